The van der Waals surface area contributed by atoms with Gasteiger partial charge in [-0.15, -0.1) is 5.10 Å². The second kappa shape index (κ2) is 6.62. The second-order valence-corrected chi connectivity index (χ2v) is 7.92. The summed E-state index contributed by atoms with van der Waals surface area (Å²) in [5, 5.41) is 8.91. The van der Waals surface area contributed by atoms with Crippen LogP contribution in [0.3, 0.4) is 0 Å². The maximum atomic E-state index is 6.33. The minimum Gasteiger partial charge on any atom is -0.398 e. The summed E-state index contributed by atoms with van der Waals surface area (Å²) in [7, 11) is -0.524. The Morgan fingerprint density at radius 2 is 1.41 bits per heavy atom. The average molecular weight is 361 g/mol. The highest BCUT2D eigenvalue weighted by Gasteiger charge is 2.53. The van der Waals surface area contributed by atoms with Crippen molar-refractivity contribution in [2.45, 2.75) is 45.4 Å². The van der Waals surface area contributed by atoms with Gasteiger partial charge in [-0.05, 0) is 33.3 Å². The predicted octanol–water partition coefficient (Wildman–Crippen LogP) is 3.29. The molecule has 0 bridgehead atoms. The predicted molar refractivity (Wildman–Crippen MR) is 107 cm³/mol. The minimum atomic E-state index is -0.524. The third-order valence-corrected chi connectivity index (χ3v) is 5.47. The summed E-state index contributed by atoms with van der Waals surface area (Å²) in [6.07, 6.45) is 0. The summed E-state index contributed by atoms with van der Waals surface area (Å²) >= 11 is 0. The summed E-state index contributed by atoms with van der Waals surface area (Å²) in [4.78, 5) is 0. The minimum absolute atomic E-state index is 0.423. The molecule has 0 unspecified atom stereocenters. The van der Waals surface area contributed by atoms with Gasteiger partial charge in [-0.1, -0.05) is 65.9 Å². The molecule has 1 saturated heterocycles. The van der Waals surface area contributed by atoms with E-state index in [-0.39, 0.29) is 0 Å². The first-order valence-electron chi connectivity index (χ1n) is 9.26. The highest BCUT2D eigenvalue weighted by Crippen LogP contribution is 2.37. The smallest absolute Gasteiger partial charge is 0.398 e. The summed E-state index contributed by atoms with van der Waals surface area (Å²) in [6.45, 7) is 8.84. The van der Waals surface area contributed by atoms with E-state index in [1.165, 1.54) is 0 Å². The molecule has 5 nitrogen and oxygen atoms in total. The fraction of sp³-hybridized carbons (Fsp3) is 0.333. The third-order valence-electron chi connectivity index (χ3n) is 5.47. The molecule has 1 aromatic heterocycles. The Morgan fingerprint density at radius 3 is 2.00 bits per heavy atom. The van der Waals surface area contributed by atoms with Crippen LogP contribution in [0.1, 0.15) is 33.3 Å². The molecule has 0 amide bonds. The molecule has 0 spiro atoms. The molecule has 27 heavy (non-hydrogen) atoms. The van der Waals surface area contributed by atoms with Crippen LogP contribution in [-0.2, 0) is 15.9 Å². The summed E-state index contributed by atoms with van der Waals surface area (Å²) in [5.74, 6) is 0. The molecule has 0 aliphatic carbocycles. The molecule has 2 heterocycles. The van der Waals surface area contributed by atoms with Crippen molar-refractivity contribution in [1.29, 1.82) is 0 Å². The van der Waals surface area contributed by atoms with Gasteiger partial charge in [-0.3, -0.25) is 0 Å². The summed E-state index contributed by atoms with van der Waals surface area (Å²) < 4.78 is 14.5. The van der Waals surface area contributed by atoms with Gasteiger partial charge in [-0.2, -0.15) is 0 Å². The Labute approximate surface area is 160 Å². The zero-order valence-corrected chi connectivity index (χ0v) is 16.2. The number of hydrogen-bond acceptors (Lipinski definition) is 4. The molecule has 1 aliphatic rings. The van der Waals surface area contributed by atoms with E-state index in [1.807, 2.05) is 53.2 Å². The first-order chi connectivity index (χ1) is 12.9. The molecule has 0 atom stereocenters. The van der Waals surface area contributed by atoms with E-state index in [4.69, 9.17) is 9.31 Å². The van der Waals surface area contributed by atoms with Crippen molar-refractivity contribution in [2.24, 2.45) is 0 Å². The van der Waals surface area contributed by atoms with Gasteiger partial charge < -0.3 is 9.31 Å². The third kappa shape index (κ3) is 3.31. The number of hydrogen-bond donors (Lipinski definition) is 0. The Balaban J connectivity index is 1.78. The van der Waals surface area contributed by atoms with Crippen LogP contribution >= 0.6 is 0 Å². The van der Waals surface area contributed by atoms with Crippen molar-refractivity contribution in [1.82, 2.24) is 15.0 Å². The fourth-order valence-corrected chi connectivity index (χ4v) is 3.18. The van der Waals surface area contributed by atoms with E-state index in [0.29, 0.717) is 6.54 Å². The van der Waals surface area contributed by atoms with Crippen LogP contribution in [0, 0.1) is 0 Å². The Kier molecular flexibility index (Phi) is 4.40. The molecular formula is C21H24BN3O2. The van der Waals surface area contributed by atoms with Gasteiger partial charge in [0, 0.05) is 5.56 Å². The van der Waals surface area contributed by atoms with E-state index in [2.05, 4.69) is 50.1 Å². The van der Waals surface area contributed by atoms with E-state index in [0.717, 1.165) is 22.4 Å². The van der Waals surface area contributed by atoms with E-state index in [1.54, 1.807) is 0 Å². The molecule has 1 fully saturated rings. The standard InChI is InChI=1S/C21H24BN3O2/c1-20(2)21(3,4)27-22(26-20)19-18(17-13-9-6-10-14-17)23-24-25(19)15-16-11-7-5-8-12-16/h5-14H,15H2,1-4H3. The number of aromatic nitrogens is 3. The quantitative estimate of drug-likeness (QED) is 0.669. The van der Waals surface area contributed by atoms with Crippen molar-refractivity contribution in [3.05, 3.63) is 66.2 Å². The van der Waals surface area contributed by atoms with Gasteiger partial charge in [0.25, 0.3) is 0 Å². The van der Waals surface area contributed by atoms with Crippen LogP contribution in [0.25, 0.3) is 11.3 Å². The van der Waals surface area contributed by atoms with Gasteiger partial charge in [0.1, 0.15) is 5.69 Å². The average Bonchev–Trinajstić information content (AvgIpc) is 3.14. The second-order valence-electron chi connectivity index (χ2n) is 7.92. The van der Waals surface area contributed by atoms with Crippen LogP contribution in [0.2, 0.25) is 0 Å². The van der Waals surface area contributed by atoms with Crippen molar-refractivity contribution in [3.8, 4) is 11.3 Å². The lowest BCUT2D eigenvalue weighted by Crippen LogP contribution is -2.41. The Hall–Kier alpha value is -2.44. The number of benzene rings is 2. The normalized spacial score (nSPS) is 18.0. The fourth-order valence-electron chi connectivity index (χ4n) is 3.18. The van der Waals surface area contributed by atoms with E-state index in [9.17, 15) is 0 Å². The largest absolute Gasteiger partial charge is 0.516 e. The lowest BCUT2D eigenvalue weighted by atomic mass is 9.81. The van der Waals surface area contributed by atoms with Crippen LogP contribution in [0.4, 0.5) is 0 Å². The Morgan fingerprint density at radius 1 is 0.852 bits per heavy atom. The zero-order valence-electron chi connectivity index (χ0n) is 16.2. The molecule has 6 heteroatoms. The Bertz CT molecular complexity index is 907. The topological polar surface area (TPSA) is 49.2 Å². The van der Waals surface area contributed by atoms with Gasteiger partial charge in [0.15, 0.2) is 0 Å². The van der Waals surface area contributed by atoms with E-state index >= 15 is 0 Å². The molecular weight excluding hydrogens is 337 g/mol. The number of rotatable bonds is 4. The first-order valence-corrected chi connectivity index (χ1v) is 9.26. The van der Waals surface area contributed by atoms with Crippen LogP contribution in [0.5, 0.6) is 0 Å². The highest BCUT2D eigenvalue weighted by atomic mass is 16.7. The van der Waals surface area contributed by atoms with E-state index < -0.39 is 18.3 Å². The van der Waals surface area contributed by atoms with Gasteiger partial charge >= 0.3 is 7.12 Å². The maximum absolute atomic E-state index is 6.33. The molecule has 1 aliphatic heterocycles. The zero-order chi connectivity index (χ0) is 19.1. The maximum Gasteiger partial charge on any atom is 0.516 e. The molecule has 3 aromatic rings. The van der Waals surface area contributed by atoms with Crippen LogP contribution in [-0.4, -0.2) is 33.3 Å². The van der Waals surface area contributed by atoms with Gasteiger partial charge in [0.2, 0.25) is 0 Å². The highest BCUT2D eigenvalue weighted by molar-refractivity contribution is 6.62. The SMILES string of the molecule is CC1(C)OB(c2c(-c3ccccc3)nnn2Cc2ccccc2)OC1(C)C. The first kappa shape index (κ1) is 18.0. The molecule has 4 rings (SSSR count). The number of nitrogens with zero attached hydrogens (tertiary/aromatic N) is 3. The molecule has 2 aromatic carbocycles. The molecule has 0 N–H and O–H groups in total. The lowest BCUT2D eigenvalue weighted by molar-refractivity contribution is 0.00578. The molecule has 0 saturated carbocycles. The van der Waals surface area contributed by atoms with Crippen molar-refractivity contribution < 1.29 is 9.31 Å². The van der Waals surface area contributed by atoms with Crippen LogP contribution < -0.4 is 5.59 Å². The molecule has 0 radical (unpaired) electrons. The van der Waals surface area contributed by atoms with Gasteiger partial charge in [0.05, 0.1) is 23.3 Å². The lowest BCUT2D eigenvalue weighted by Gasteiger charge is -2.32. The molecule has 138 valence electrons. The van der Waals surface area contributed by atoms with Gasteiger partial charge in [-0.25, -0.2) is 4.68 Å². The van der Waals surface area contributed by atoms with Crippen molar-refractivity contribution in [2.75, 3.05) is 0 Å². The van der Waals surface area contributed by atoms with Crippen molar-refractivity contribution >= 4 is 12.7 Å². The summed E-state index contributed by atoms with van der Waals surface area (Å²) in [6, 6.07) is 20.3. The van der Waals surface area contributed by atoms with Crippen LogP contribution in [0.15, 0.2) is 60.7 Å². The monoisotopic (exact) mass is 361 g/mol. The van der Waals surface area contributed by atoms with Crippen molar-refractivity contribution in [3.63, 3.8) is 0 Å². The summed E-state index contributed by atoms with van der Waals surface area (Å²) in [5.41, 5.74) is 2.95.